The average Bonchev–Trinajstić information content (AvgIpc) is 2.92. The summed E-state index contributed by atoms with van der Waals surface area (Å²) in [6.45, 7) is 0.785. The van der Waals surface area contributed by atoms with Gasteiger partial charge in [-0.25, -0.2) is 4.98 Å². The standard InChI is InChI=1S/C17H17N3S/c1-18-12-15-17(14-7-3-2-4-8-14)21-16(20-15)10-13-6-5-9-19-11-13/h2-9,11,18H,10,12H2,1H3. The molecule has 0 spiro atoms. The summed E-state index contributed by atoms with van der Waals surface area (Å²) in [7, 11) is 1.95. The minimum atomic E-state index is 0.785. The summed E-state index contributed by atoms with van der Waals surface area (Å²) in [5.41, 5.74) is 3.55. The summed E-state index contributed by atoms with van der Waals surface area (Å²) in [6.07, 6.45) is 4.54. The van der Waals surface area contributed by atoms with Gasteiger partial charge in [0.1, 0.15) is 0 Å². The maximum absolute atomic E-state index is 4.80. The molecule has 21 heavy (non-hydrogen) atoms. The molecule has 0 amide bonds. The fraction of sp³-hybridized carbons (Fsp3) is 0.176. The van der Waals surface area contributed by atoms with Gasteiger partial charge in [-0.1, -0.05) is 36.4 Å². The average molecular weight is 295 g/mol. The Morgan fingerprint density at radius 2 is 1.95 bits per heavy atom. The molecule has 0 aliphatic heterocycles. The molecule has 0 unspecified atom stereocenters. The van der Waals surface area contributed by atoms with Crippen LogP contribution >= 0.6 is 11.3 Å². The van der Waals surface area contributed by atoms with E-state index >= 15 is 0 Å². The zero-order chi connectivity index (χ0) is 14.5. The van der Waals surface area contributed by atoms with Gasteiger partial charge >= 0.3 is 0 Å². The van der Waals surface area contributed by atoms with Crippen LogP contribution in [0.5, 0.6) is 0 Å². The van der Waals surface area contributed by atoms with Gasteiger partial charge in [-0.3, -0.25) is 4.98 Å². The monoisotopic (exact) mass is 295 g/mol. The normalized spacial score (nSPS) is 10.7. The first-order valence-electron chi connectivity index (χ1n) is 6.94. The fourth-order valence-corrected chi connectivity index (χ4v) is 3.38. The van der Waals surface area contributed by atoms with E-state index in [1.165, 1.54) is 16.0 Å². The highest BCUT2D eigenvalue weighted by atomic mass is 32.1. The molecular weight excluding hydrogens is 278 g/mol. The van der Waals surface area contributed by atoms with Crippen molar-refractivity contribution in [1.82, 2.24) is 15.3 Å². The molecule has 0 saturated carbocycles. The van der Waals surface area contributed by atoms with Gasteiger partial charge in [-0.2, -0.15) is 0 Å². The number of pyridine rings is 1. The highest BCUT2D eigenvalue weighted by Crippen LogP contribution is 2.31. The van der Waals surface area contributed by atoms with Crippen molar-refractivity contribution in [2.75, 3.05) is 7.05 Å². The molecule has 3 nitrogen and oxygen atoms in total. The Bertz CT molecular complexity index is 693. The van der Waals surface area contributed by atoms with E-state index in [2.05, 4.69) is 40.6 Å². The third-order valence-electron chi connectivity index (χ3n) is 3.20. The molecule has 0 saturated heterocycles. The van der Waals surface area contributed by atoms with Crippen LogP contribution in [0.4, 0.5) is 0 Å². The molecule has 2 heterocycles. The van der Waals surface area contributed by atoms with Crippen LogP contribution in [0.25, 0.3) is 10.4 Å². The highest BCUT2D eigenvalue weighted by molar-refractivity contribution is 7.15. The fourth-order valence-electron chi connectivity index (χ4n) is 2.26. The minimum absolute atomic E-state index is 0.785. The summed E-state index contributed by atoms with van der Waals surface area (Å²) in [5.74, 6) is 0. The lowest BCUT2D eigenvalue weighted by Gasteiger charge is -2.00. The molecule has 2 aromatic heterocycles. The topological polar surface area (TPSA) is 37.8 Å². The lowest BCUT2D eigenvalue weighted by molar-refractivity contribution is 0.794. The first-order valence-corrected chi connectivity index (χ1v) is 7.76. The summed E-state index contributed by atoms with van der Waals surface area (Å²) in [4.78, 5) is 10.2. The van der Waals surface area contributed by atoms with Gasteiger partial charge in [0.05, 0.1) is 15.6 Å². The van der Waals surface area contributed by atoms with E-state index in [-0.39, 0.29) is 0 Å². The van der Waals surface area contributed by atoms with E-state index in [9.17, 15) is 0 Å². The second-order valence-electron chi connectivity index (χ2n) is 4.82. The van der Waals surface area contributed by atoms with E-state index in [4.69, 9.17) is 4.98 Å². The van der Waals surface area contributed by atoms with Gasteiger partial charge in [0, 0.05) is 25.4 Å². The van der Waals surface area contributed by atoms with Crippen molar-refractivity contribution in [3.8, 4) is 10.4 Å². The van der Waals surface area contributed by atoms with E-state index in [1.807, 2.05) is 25.4 Å². The number of nitrogens with zero attached hydrogens (tertiary/aromatic N) is 2. The summed E-state index contributed by atoms with van der Waals surface area (Å²) in [5, 5.41) is 4.33. The van der Waals surface area contributed by atoms with Gasteiger partial charge in [0.25, 0.3) is 0 Å². The molecule has 0 aliphatic rings. The van der Waals surface area contributed by atoms with Crippen molar-refractivity contribution in [3.05, 3.63) is 71.1 Å². The Balaban J connectivity index is 1.93. The number of hydrogen-bond donors (Lipinski definition) is 1. The van der Waals surface area contributed by atoms with Crippen molar-refractivity contribution < 1.29 is 0 Å². The Labute approximate surface area is 128 Å². The first-order chi connectivity index (χ1) is 10.4. The van der Waals surface area contributed by atoms with Gasteiger partial charge < -0.3 is 5.32 Å². The van der Waals surface area contributed by atoms with E-state index in [0.717, 1.165) is 23.7 Å². The van der Waals surface area contributed by atoms with Crippen LogP contribution in [0.1, 0.15) is 16.3 Å². The van der Waals surface area contributed by atoms with Crippen LogP contribution in [0.3, 0.4) is 0 Å². The Kier molecular flexibility index (Phi) is 4.38. The summed E-state index contributed by atoms with van der Waals surface area (Å²) >= 11 is 1.77. The number of rotatable bonds is 5. The molecule has 1 aromatic carbocycles. The largest absolute Gasteiger partial charge is 0.314 e. The van der Waals surface area contributed by atoms with Gasteiger partial charge in [0.2, 0.25) is 0 Å². The summed E-state index contributed by atoms with van der Waals surface area (Å²) < 4.78 is 0. The molecule has 3 rings (SSSR count). The van der Waals surface area contributed by atoms with Crippen molar-refractivity contribution in [3.63, 3.8) is 0 Å². The maximum atomic E-state index is 4.80. The second kappa shape index (κ2) is 6.61. The number of nitrogens with one attached hydrogen (secondary N) is 1. The number of thiazole rings is 1. The summed E-state index contributed by atoms with van der Waals surface area (Å²) in [6, 6.07) is 14.5. The van der Waals surface area contributed by atoms with Crippen LogP contribution in [0, 0.1) is 0 Å². The lowest BCUT2D eigenvalue weighted by atomic mass is 10.1. The number of hydrogen-bond acceptors (Lipinski definition) is 4. The third kappa shape index (κ3) is 3.35. The Morgan fingerprint density at radius 3 is 2.67 bits per heavy atom. The third-order valence-corrected chi connectivity index (χ3v) is 4.35. The van der Waals surface area contributed by atoms with Crippen molar-refractivity contribution in [2.24, 2.45) is 0 Å². The van der Waals surface area contributed by atoms with Crippen LogP contribution < -0.4 is 5.32 Å². The zero-order valence-electron chi connectivity index (χ0n) is 11.9. The van der Waals surface area contributed by atoms with Crippen molar-refractivity contribution >= 4 is 11.3 Å². The molecule has 0 radical (unpaired) electrons. The van der Waals surface area contributed by atoms with Crippen LogP contribution in [0.15, 0.2) is 54.9 Å². The van der Waals surface area contributed by atoms with Gasteiger partial charge in [-0.05, 0) is 24.2 Å². The smallest absolute Gasteiger partial charge is 0.0979 e. The first kappa shape index (κ1) is 13.9. The molecule has 3 aromatic rings. The molecule has 0 bridgehead atoms. The second-order valence-corrected chi connectivity index (χ2v) is 5.90. The zero-order valence-corrected chi connectivity index (χ0v) is 12.7. The van der Waals surface area contributed by atoms with E-state index < -0.39 is 0 Å². The van der Waals surface area contributed by atoms with E-state index in [0.29, 0.717) is 0 Å². The quantitative estimate of drug-likeness (QED) is 0.782. The Morgan fingerprint density at radius 1 is 1.10 bits per heavy atom. The van der Waals surface area contributed by atoms with Crippen LogP contribution in [-0.2, 0) is 13.0 Å². The highest BCUT2D eigenvalue weighted by Gasteiger charge is 2.12. The van der Waals surface area contributed by atoms with Crippen molar-refractivity contribution in [1.29, 1.82) is 0 Å². The molecule has 4 heteroatoms. The SMILES string of the molecule is CNCc1nc(Cc2cccnc2)sc1-c1ccccc1. The molecule has 0 fully saturated rings. The number of aromatic nitrogens is 2. The predicted octanol–water partition coefficient (Wildman–Crippen LogP) is 3.52. The molecular formula is C17H17N3S. The van der Waals surface area contributed by atoms with Gasteiger partial charge in [0.15, 0.2) is 0 Å². The minimum Gasteiger partial charge on any atom is -0.314 e. The van der Waals surface area contributed by atoms with Crippen LogP contribution in [-0.4, -0.2) is 17.0 Å². The lowest BCUT2D eigenvalue weighted by Crippen LogP contribution is -2.06. The molecule has 0 aliphatic carbocycles. The van der Waals surface area contributed by atoms with Crippen molar-refractivity contribution in [2.45, 2.75) is 13.0 Å². The molecule has 0 atom stereocenters. The maximum Gasteiger partial charge on any atom is 0.0979 e. The van der Waals surface area contributed by atoms with Crippen LogP contribution in [0.2, 0.25) is 0 Å². The molecule has 1 N–H and O–H groups in total. The Hall–Kier alpha value is -2.04. The van der Waals surface area contributed by atoms with E-state index in [1.54, 1.807) is 17.5 Å². The number of benzene rings is 1. The predicted molar refractivity (Wildman–Crippen MR) is 87.4 cm³/mol. The van der Waals surface area contributed by atoms with Gasteiger partial charge in [-0.15, -0.1) is 11.3 Å². The molecule has 106 valence electrons.